The van der Waals surface area contributed by atoms with Gasteiger partial charge in [-0.25, -0.2) is 0 Å². The topological polar surface area (TPSA) is 59.8 Å². The number of hydrogen-bond donors (Lipinski definition) is 1. The van der Waals surface area contributed by atoms with E-state index in [2.05, 4.69) is 40.6 Å². The molecule has 8 heteroatoms. The van der Waals surface area contributed by atoms with Crippen molar-refractivity contribution in [1.29, 1.82) is 0 Å². The fraction of sp³-hybridized carbons (Fsp3) is 0.160. The van der Waals surface area contributed by atoms with Crippen molar-refractivity contribution in [3.63, 3.8) is 0 Å². The summed E-state index contributed by atoms with van der Waals surface area (Å²) in [7, 11) is 0. The molecule has 4 aromatic rings. The summed E-state index contributed by atoms with van der Waals surface area (Å²) in [6.45, 7) is 3.94. The number of thioether (sulfide) groups is 1. The highest BCUT2D eigenvalue weighted by atomic mass is 35.5. The average Bonchev–Trinajstić information content (AvgIpc) is 3.22. The summed E-state index contributed by atoms with van der Waals surface area (Å²) in [6, 6.07) is 22.3. The standard InChI is InChI=1S/C25H22Cl2N4OS/c1-16-7-6-8-18(13-16)15-33-25-30-29-23(31(25)22-12-11-20(26)14-21(22)27)17(2)28-24(32)19-9-4-3-5-10-19/h3-14,17H,15H2,1-2H3,(H,28,32). The van der Waals surface area contributed by atoms with Crippen LogP contribution in [0.4, 0.5) is 0 Å². The molecule has 0 aliphatic carbocycles. The number of carbonyl (C=O) groups is 1. The van der Waals surface area contributed by atoms with Crippen LogP contribution in [0.2, 0.25) is 10.0 Å². The molecule has 0 spiro atoms. The predicted octanol–water partition coefficient (Wildman–Crippen LogP) is 6.67. The van der Waals surface area contributed by atoms with Crippen LogP contribution in [0.1, 0.15) is 40.3 Å². The highest BCUT2D eigenvalue weighted by Crippen LogP contribution is 2.32. The Balaban J connectivity index is 1.66. The Morgan fingerprint density at radius 3 is 2.55 bits per heavy atom. The van der Waals surface area contributed by atoms with Gasteiger partial charge in [-0.2, -0.15) is 0 Å². The van der Waals surface area contributed by atoms with Crippen LogP contribution in [0.5, 0.6) is 0 Å². The molecule has 1 N–H and O–H groups in total. The van der Waals surface area contributed by atoms with Crippen LogP contribution < -0.4 is 5.32 Å². The Kier molecular flexibility index (Phi) is 7.38. The summed E-state index contributed by atoms with van der Waals surface area (Å²) in [5.41, 5.74) is 3.67. The molecular weight excluding hydrogens is 475 g/mol. The third-order valence-corrected chi connectivity index (χ3v) is 6.57. The van der Waals surface area contributed by atoms with Crippen molar-refractivity contribution in [2.75, 3.05) is 0 Å². The molecule has 0 saturated carbocycles. The molecule has 0 saturated heterocycles. The van der Waals surface area contributed by atoms with Gasteiger partial charge in [-0.15, -0.1) is 10.2 Å². The predicted molar refractivity (Wildman–Crippen MR) is 134 cm³/mol. The Labute approximate surface area is 207 Å². The van der Waals surface area contributed by atoms with Gasteiger partial charge >= 0.3 is 0 Å². The highest BCUT2D eigenvalue weighted by Gasteiger charge is 2.23. The highest BCUT2D eigenvalue weighted by molar-refractivity contribution is 7.98. The van der Waals surface area contributed by atoms with Crippen molar-refractivity contribution >= 4 is 40.9 Å². The van der Waals surface area contributed by atoms with E-state index in [1.165, 1.54) is 11.1 Å². The molecular formula is C25H22Cl2N4OS. The Hall–Kier alpha value is -2.80. The molecule has 1 amide bonds. The van der Waals surface area contributed by atoms with Gasteiger partial charge < -0.3 is 5.32 Å². The molecule has 3 aromatic carbocycles. The maximum Gasteiger partial charge on any atom is 0.251 e. The summed E-state index contributed by atoms with van der Waals surface area (Å²) in [6.07, 6.45) is 0. The van der Waals surface area contributed by atoms with Gasteiger partial charge in [-0.05, 0) is 49.7 Å². The van der Waals surface area contributed by atoms with Gasteiger partial charge in [-0.3, -0.25) is 9.36 Å². The fourth-order valence-corrected chi connectivity index (χ4v) is 4.82. The molecule has 1 aromatic heterocycles. The number of nitrogens with zero attached hydrogens (tertiary/aromatic N) is 3. The quantitative estimate of drug-likeness (QED) is 0.290. The number of aryl methyl sites for hydroxylation is 1. The zero-order valence-electron chi connectivity index (χ0n) is 18.1. The van der Waals surface area contributed by atoms with Crippen molar-refractivity contribution in [3.05, 3.63) is 105 Å². The van der Waals surface area contributed by atoms with E-state index in [-0.39, 0.29) is 5.91 Å². The first-order chi connectivity index (χ1) is 15.9. The Morgan fingerprint density at radius 2 is 1.82 bits per heavy atom. The van der Waals surface area contributed by atoms with Crippen LogP contribution in [0.25, 0.3) is 5.69 Å². The van der Waals surface area contributed by atoms with Gasteiger partial charge in [-0.1, -0.05) is 83.0 Å². The van der Waals surface area contributed by atoms with Crippen LogP contribution in [0, 0.1) is 6.92 Å². The lowest BCUT2D eigenvalue weighted by atomic mass is 10.2. The van der Waals surface area contributed by atoms with Crippen molar-refractivity contribution in [2.45, 2.75) is 30.8 Å². The van der Waals surface area contributed by atoms with Crippen molar-refractivity contribution in [2.24, 2.45) is 0 Å². The summed E-state index contributed by atoms with van der Waals surface area (Å²) < 4.78 is 1.88. The van der Waals surface area contributed by atoms with Gasteiger partial charge in [0.2, 0.25) is 0 Å². The minimum atomic E-state index is -0.412. The van der Waals surface area contributed by atoms with E-state index in [9.17, 15) is 4.79 Å². The molecule has 33 heavy (non-hydrogen) atoms. The number of hydrogen-bond acceptors (Lipinski definition) is 4. The van der Waals surface area contributed by atoms with E-state index in [1.54, 1.807) is 36.0 Å². The van der Waals surface area contributed by atoms with Crippen LogP contribution in [0.15, 0.2) is 78.0 Å². The number of rotatable bonds is 7. The molecule has 1 atom stereocenters. The fourth-order valence-electron chi connectivity index (χ4n) is 3.43. The van der Waals surface area contributed by atoms with Gasteiger partial charge in [0, 0.05) is 16.3 Å². The summed E-state index contributed by atoms with van der Waals surface area (Å²) >= 11 is 14.2. The zero-order chi connectivity index (χ0) is 23.4. The lowest BCUT2D eigenvalue weighted by Gasteiger charge is -2.17. The van der Waals surface area contributed by atoms with E-state index in [1.807, 2.05) is 41.8 Å². The second-order valence-corrected chi connectivity index (χ2v) is 9.40. The maximum absolute atomic E-state index is 12.7. The molecule has 0 bridgehead atoms. The van der Waals surface area contributed by atoms with Crippen molar-refractivity contribution < 1.29 is 4.79 Å². The Bertz CT molecular complexity index is 1280. The molecule has 0 aliphatic rings. The van der Waals surface area contributed by atoms with Crippen LogP contribution in [-0.2, 0) is 5.75 Å². The molecule has 1 unspecified atom stereocenters. The first kappa shape index (κ1) is 23.4. The first-order valence-corrected chi connectivity index (χ1v) is 12.1. The van der Waals surface area contributed by atoms with E-state index in [0.29, 0.717) is 32.3 Å². The third kappa shape index (κ3) is 5.58. The molecule has 4 rings (SSSR count). The molecule has 0 aliphatic heterocycles. The summed E-state index contributed by atoms with van der Waals surface area (Å²) in [5, 5.41) is 13.5. The van der Waals surface area contributed by atoms with E-state index < -0.39 is 6.04 Å². The Morgan fingerprint density at radius 1 is 1.03 bits per heavy atom. The van der Waals surface area contributed by atoms with E-state index in [4.69, 9.17) is 23.2 Å². The molecule has 0 radical (unpaired) electrons. The van der Waals surface area contributed by atoms with Gasteiger partial charge in [0.1, 0.15) is 0 Å². The molecule has 1 heterocycles. The number of halogens is 2. The van der Waals surface area contributed by atoms with E-state index >= 15 is 0 Å². The molecule has 168 valence electrons. The molecule has 5 nitrogen and oxygen atoms in total. The van der Waals surface area contributed by atoms with Crippen LogP contribution in [0.3, 0.4) is 0 Å². The minimum absolute atomic E-state index is 0.186. The maximum atomic E-state index is 12.7. The van der Waals surface area contributed by atoms with Crippen LogP contribution in [-0.4, -0.2) is 20.7 Å². The SMILES string of the molecule is Cc1cccc(CSc2nnc(C(C)NC(=O)c3ccccc3)n2-c2ccc(Cl)cc2Cl)c1. The minimum Gasteiger partial charge on any atom is -0.342 e. The summed E-state index contributed by atoms with van der Waals surface area (Å²) in [5.74, 6) is 1.11. The average molecular weight is 497 g/mol. The van der Waals surface area contributed by atoms with Crippen molar-refractivity contribution in [1.82, 2.24) is 20.1 Å². The zero-order valence-corrected chi connectivity index (χ0v) is 20.5. The molecule has 0 fully saturated rings. The third-order valence-electron chi connectivity index (χ3n) is 5.03. The second kappa shape index (κ2) is 10.4. The van der Waals surface area contributed by atoms with Gasteiger partial charge in [0.15, 0.2) is 11.0 Å². The number of benzene rings is 3. The smallest absolute Gasteiger partial charge is 0.251 e. The van der Waals surface area contributed by atoms with Gasteiger partial charge in [0.25, 0.3) is 5.91 Å². The lowest BCUT2D eigenvalue weighted by Crippen LogP contribution is -2.28. The first-order valence-electron chi connectivity index (χ1n) is 10.4. The lowest BCUT2D eigenvalue weighted by molar-refractivity contribution is 0.0938. The van der Waals surface area contributed by atoms with E-state index in [0.717, 1.165) is 5.75 Å². The number of nitrogens with one attached hydrogen (secondary N) is 1. The normalized spacial score (nSPS) is 11.9. The number of carbonyl (C=O) groups excluding carboxylic acids is 1. The number of amides is 1. The summed E-state index contributed by atoms with van der Waals surface area (Å²) in [4.78, 5) is 12.7. The second-order valence-electron chi connectivity index (χ2n) is 7.61. The number of aromatic nitrogens is 3. The van der Waals surface area contributed by atoms with Gasteiger partial charge in [0.05, 0.1) is 16.8 Å². The van der Waals surface area contributed by atoms with Crippen molar-refractivity contribution in [3.8, 4) is 5.69 Å². The largest absolute Gasteiger partial charge is 0.342 e. The monoisotopic (exact) mass is 496 g/mol. The van der Waals surface area contributed by atoms with Crippen LogP contribution >= 0.6 is 35.0 Å².